The van der Waals surface area contributed by atoms with E-state index in [2.05, 4.69) is 6.92 Å². The zero-order chi connectivity index (χ0) is 8.86. The highest BCUT2D eigenvalue weighted by molar-refractivity contribution is 4.81. The maximum Gasteiger partial charge on any atom is -0.00205 e. The Morgan fingerprint density at radius 3 is 2.08 bits per heavy atom. The minimum absolute atomic E-state index is 0.533. The SMILES string of the molecule is CCCC1(CN)CCCCCC1. The fraction of sp³-hybridized carbons (Fsp3) is 1.00. The third kappa shape index (κ3) is 2.48. The zero-order valence-electron chi connectivity index (χ0n) is 8.44. The molecule has 72 valence electrons. The van der Waals surface area contributed by atoms with Crippen LogP contribution in [0.5, 0.6) is 0 Å². The molecule has 1 aliphatic carbocycles. The minimum atomic E-state index is 0.533. The topological polar surface area (TPSA) is 26.0 Å². The molecule has 0 saturated heterocycles. The van der Waals surface area contributed by atoms with Crippen molar-refractivity contribution in [2.75, 3.05) is 6.54 Å². The lowest BCUT2D eigenvalue weighted by Crippen LogP contribution is -2.29. The first-order valence-corrected chi connectivity index (χ1v) is 5.53. The van der Waals surface area contributed by atoms with E-state index in [1.807, 2.05) is 0 Å². The quantitative estimate of drug-likeness (QED) is 0.645. The molecular formula is C11H23N. The first kappa shape index (κ1) is 10.0. The molecule has 1 fully saturated rings. The number of nitrogens with two attached hydrogens (primary N) is 1. The number of hydrogen-bond donors (Lipinski definition) is 1. The van der Waals surface area contributed by atoms with Crippen LogP contribution >= 0.6 is 0 Å². The summed E-state index contributed by atoms with van der Waals surface area (Å²) in [6.45, 7) is 3.20. The minimum Gasteiger partial charge on any atom is -0.330 e. The van der Waals surface area contributed by atoms with Crippen LogP contribution in [0.1, 0.15) is 58.3 Å². The molecule has 0 spiro atoms. The Balaban J connectivity index is 2.48. The fourth-order valence-corrected chi connectivity index (χ4v) is 2.57. The van der Waals surface area contributed by atoms with Crippen molar-refractivity contribution in [3.8, 4) is 0 Å². The van der Waals surface area contributed by atoms with E-state index in [-0.39, 0.29) is 0 Å². The molecule has 0 heterocycles. The van der Waals surface area contributed by atoms with Crippen LogP contribution < -0.4 is 5.73 Å². The molecule has 1 nitrogen and oxygen atoms in total. The van der Waals surface area contributed by atoms with Crippen molar-refractivity contribution in [2.24, 2.45) is 11.1 Å². The van der Waals surface area contributed by atoms with Crippen molar-refractivity contribution < 1.29 is 0 Å². The molecular weight excluding hydrogens is 146 g/mol. The largest absolute Gasteiger partial charge is 0.330 e. The summed E-state index contributed by atoms with van der Waals surface area (Å²) in [7, 11) is 0. The molecule has 0 unspecified atom stereocenters. The molecule has 0 bridgehead atoms. The predicted octanol–water partition coefficient (Wildman–Crippen LogP) is 3.09. The Kier molecular flexibility index (Phi) is 4.07. The Hall–Kier alpha value is -0.0400. The molecule has 0 radical (unpaired) electrons. The summed E-state index contributed by atoms with van der Waals surface area (Å²) in [4.78, 5) is 0. The van der Waals surface area contributed by atoms with Gasteiger partial charge in [0.15, 0.2) is 0 Å². The fourth-order valence-electron chi connectivity index (χ4n) is 2.57. The van der Waals surface area contributed by atoms with Gasteiger partial charge in [-0.15, -0.1) is 0 Å². The highest BCUT2D eigenvalue weighted by Gasteiger charge is 2.27. The Labute approximate surface area is 76.7 Å². The lowest BCUT2D eigenvalue weighted by Gasteiger charge is -2.30. The van der Waals surface area contributed by atoms with E-state index >= 15 is 0 Å². The Morgan fingerprint density at radius 1 is 1.08 bits per heavy atom. The maximum atomic E-state index is 5.89. The van der Waals surface area contributed by atoms with Crippen LogP contribution in [0.25, 0.3) is 0 Å². The number of rotatable bonds is 3. The van der Waals surface area contributed by atoms with Gasteiger partial charge in [0.25, 0.3) is 0 Å². The second-order valence-electron chi connectivity index (χ2n) is 4.37. The van der Waals surface area contributed by atoms with E-state index in [1.165, 1.54) is 51.4 Å². The summed E-state index contributed by atoms with van der Waals surface area (Å²) in [6, 6.07) is 0. The molecule has 0 aliphatic heterocycles. The van der Waals surface area contributed by atoms with Crippen molar-refractivity contribution in [3.63, 3.8) is 0 Å². The van der Waals surface area contributed by atoms with Crippen molar-refractivity contribution in [3.05, 3.63) is 0 Å². The van der Waals surface area contributed by atoms with Gasteiger partial charge in [-0.2, -0.15) is 0 Å². The maximum absolute atomic E-state index is 5.89. The molecule has 0 aromatic heterocycles. The Morgan fingerprint density at radius 2 is 1.67 bits per heavy atom. The van der Waals surface area contributed by atoms with Crippen molar-refractivity contribution in [2.45, 2.75) is 58.3 Å². The van der Waals surface area contributed by atoms with Gasteiger partial charge in [-0.25, -0.2) is 0 Å². The molecule has 0 aromatic rings. The summed E-state index contributed by atoms with van der Waals surface area (Å²) in [5.41, 5.74) is 6.43. The van der Waals surface area contributed by atoms with E-state index in [0.29, 0.717) is 5.41 Å². The second kappa shape index (κ2) is 4.86. The lowest BCUT2D eigenvalue weighted by atomic mass is 9.77. The molecule has 1 aliphatic rings. The van der Waals surface area contributed by atoms with Gasteiger partial charge in [-0.3, -0.25) is 0 Å². The number of hydrogen-bond acceptors (Lipinski definition) is 1. The summed E-state index contributed by atoms with van der Waals surface area (Å²) < 4.78 is 0. The zero-order valence-corrected chi connectivity index (χ0v) is 8.44. The highest BCUT2D eigenvalue weighted by Crippen LogP contribution is 2.37. The molecule has 0 atom stereocenters. The van der Waals surface area contributed by atoms with Crippen molar-refractivity contribution in [1.82, 2.24) is 0 Å². The van der Waals surface area contributed by atoms with Crippen LogP contribution in [0, 0.1) is 5.41 Å². The summed E-state index contributed by atoms with van der Waals surface area (Å²) in [5.74, 6) is 0. The third-order valence-electron chi connectivity index (χ3n) is 3.38. The van der Waals surface area contributed by atoms with Gasteiger partial charge in [0.05, 0.1) is 0 Å². The summed E-state index contributed by atoms with van der Waals surface area (Å²) >= 11 is 0. The predicted molar refractivity (Wildman–Crippen MR) is 54.1 cm³/mol. The van der Waals surface area contributed by atoms with Crippen LogP contribution in [0.4, 0.5) is 0 Å². The molecule has 12 heavy (non-hydrogen) atoms. The van der Waals surface area contributed by atoms with E-state index in [0.717, 1.165) is 6.54 Å². The van der Waals surface area contributed by atoms with Gasteiger partial charge in [-0.05, 0) is 31.2 Å². The summed E-state index contributed by atoms with van der Waals surface area (Å²) in [5, 5.41) is 0. The van der Waals surface area contributed by atoms with Crippen molar-refractivity contribution in [1.29, 1.82) is 0 Å². The van der Waals surface area contributed by atoms with Gasteiger partial charge in [0, 0.05) is 0 Å². The lowest BCUT2D eigenvalue weighted by molar-refractivity contribution is 0.231. The van der Waals surface area contributed by atoms with Gasteiger partial charge in [0.2, 0.25) is 0 Å². The van der Waals surface area contributed by atoms with Gasteiger partial charge in [-0.1, -0.05) is 39.0 Å². The van der Waals surface area contributed by atoms with Gasteiger partial charge < -0.3 is 5.73 Å². The molecule has 0 aromatic carbocycles. The first-order chi connectivity index (χ1) is 5.83. The average molecular weight is 169 g/mol. The molecule has 1 heteroatoms. The molecule has 1 rings (SSSR count). The molecule has 0 amide bonds. The van der Waals surface area contributed by atoms with Crippen LogP contribution in [-0.2, 0) is 0 Å². The monoisotopic (exact) mass is 169 g/mol. The smallest absolute Gasteiger partial charge is 0.00205 e. The highest BCUT2D eigenvalue weighted by atomic mass is 14.6. The van der Waals surface area contributed by atoms with Gasteiger partial charge in [0.1, 0.15) is 0 Å². The van der Waals surface area contributed by atoms with E-state index in [9.17, 15) is 0 Å². The normalized spacial score (nSPS) is 23.5. The van der Waals surface area contributed by atoms with Crippen molar-refractivity contribution >= 4 is 0 Å². The van der Waals surface area contributed by atoms with Gasteiger partial charge >= 0.3 is 0 Å². The van der Waals surface area contributed by atoms with Crippen LogP contribution in [0.3, 0.4) is 0 Å². The Bertz CT molecular complexity index is 112. The van der Waals surface area contributed by atoms with E-state index < -0.39 is 0 Å². The van der Waals surface area contributed by atoms with Crippen LogP contribution in [0.15, 0.2) is 0 Å². The summed E-state index contributed by atoms with van der Waals surface area (Å²) in [6.07, 6.45) is 11.1. The van der Waals surface area contributed by atoms with Crippen LogP contribution in [-0.4, -0.2) is 6.54 Å². The molecule has 1 saturated carbocycles. The van der Waals surface area contributed by atoms with Crippen LogP contribution in [0.2, 0.25) is 0 Å². The second-order valence-corrected chi connectivity index (χ2v) is 4.37. The van der Waals surface area contributed by atoms with E-state index in [4.69, 9.17) is 5.73 Å². The first-order valence-electron chi connectivity index (χ1n) is 5.53. The standard InChI is InChI=1S/C11H23N/c1-2-7-11(10-12)8-5-3-4-6-9-11/h2-10,12H2,1H3. The molecule has 2 N–H and O–H groups in total. The van der Waals surface area contributed by atoms with E-state index in [1.54, 1.807) is 0 Å². The third-order valence-corrected chi connectivity index (χ3v) is 3.38. The average Bonchev–Trinajstić information content (AvgIpc) is 2.32.